The van der Waals surface area contributed by atoms with Crippen molar-refractivity contribution in [3.8, 4) is 11.1 Å². The summed E-state index contributed by atoms with van der Waals surface area (Å²) < 4.78 is 0. The number of nitrogens with one attached hydrogen (secondary N) is 1. The molecule has 0 amide bonds. The van der Waals surface area contributed by atoms with E-state index in [2.05, 4.69) is 126 Å². The molecule has 7 rings (SSSR count). The number of aromatic nitrogens is 1. The molecule has 0 saturated carbocycles. The van der Waals surface area contributed by atoms with Crippen molar-refractivity contribution in [3.63, 3.8) is 0 Å². The van der Waals surface area contributed by atoms with Crippen molar-refractivity contribution in [1.82, 2.24) is 4.98 Å². The van der Waals surface area contributed by atoms with Gasteiger partial charge in [-0.2, -0.15) is 0 Å². The molecule has 0 spiro atoms. The van der Waals surface area contributed by atoms with Gasteiger partial charge < -0.3 is 4.98 Å². The highest BCUT2D eigenvalue weighted by atomic mass is 14.7. The van der Waals surface area contributed by atoms with Gasteiger partial charge in [-0.15, -0.1) is 0 Å². The minimum atomic E-state index is 1.20. The monoisotopic (exact) mass is 421 g/mol. The maximum absolute atomic E-state index is 3.61. The summed E-state index contributed by atoms with van der Waals surface area (Å²) in [6.07, 6.45) is 0. The number of para-hydroxylation sites is 1. The fourth-order valence-corrected chi connectivity index (χ4v) is 4.76. The van der Waals surface area contributed by atoms with Gasteiger partial charge in [-0.05, 0) is 33.4 Å². The molecule has 1 heteroatoms. The fraction of sp³-hybridized carbons (Fsp3) is 0. The molecule has 33 heavy (non-hydrogen) atoms. The summed E-state index contributed by atoms with van der Waals surface area (Å²) >= 11 is 0. The second-order valence-corrected chi connectivity index (χ2v) is 8.24. The summed E-state index contributed by atoms with van der Waals surface area (Å²) in [5, 5.41) is 7.89. The van der Waals surface area contributed by atoms with E-state index < -0.39 is 0 Å². The third-order valence-corrected chi connectivity index (χ3v) is 6.27. The van der Waals surface area contributed by atoms with Gasteiger partial charge in [0.25, 0.3) is 0 Å². The summed E-state index contributed by atoms with van der Waals surface area (Å²) in [7, 11) is 0. The van der Waals surface area contributed by atoms with Crippen molar-refractivity contribution in [2.75, 3.05) is 0 Å². The first-order valence-electron chi connectivity index (χ1n) is 11.3. The standard InChI is InChI=1S/C20H13N.C12H10/c1-3-9-15-13(7-1)14-8-2-4-10-16(14)20-19(15)17-11-5-6-12-18(17)21-20;1-3-7-11(8-4-1)12-9-5-2-6-10-12/h1-12,21H;1-10H. The Balaban J connectivity index is 0.000000147. The number of aromatic amines is 1. The van der Waals surface area contributed by atoms with E-state index in [0.29, 0.717) is 0 Å². The molecule has 0 aliphatic carbocycles. The van der Waals surface area contributed by atoms with E-state index in [1.54, 1.807) is 0 Å². The summed E-state index contributed by atoms with van der Waals surface area (Å²) in [5.41, 5.74) is 5.00. The molecule has 1 nitrogen and oxygen atoms in total. The quantitative estimate of drug-likeness (QED) is 0.255. The predicted molar refractivity (Wildman–Crippen MR) is 143 cm³/mol. The normalized spacial score (nSPS) is 11.0. The molecule has 0 aliphatic heterocycles. The van der Waals surface area contributed by atoms with Crippen LogP contribution in [0.3, 0.4) is 0 Å². The van der Waals surface area contributed by atoms with Crippen LogP contribution in [-0.2, 0) is 0 Å². The van der Waals surface area contributed by atoms with Crippen molar-refractivity contribution in [1.29, 1.82) is 0 Å². The first-order chi connectivity index (χ1) is 16.4. The Morgan fingerprint density at radius 1 is 0.333 bits per heavy atom. The van der Waals surface area contributed by atoms with E-state index in [9.17, 15) is 0 Å². The molecule has 0 fully saturated rings. The van der Waals surface area contributed by atoms with E-state index in [0.717, 1.165) is 0 Å². The van der Waals surface area contributed by atoms with Gasteiger partial charge in [-0.25, -0.2) is 0 Å². The maximum atomic E-state index is 3.61. The number of benzene rings is 6. The summed E-state index contributed by atoms with van der Waals surface area (Å²) in [6, 6.07) is 46.7. The summed E-state index contributed by atoms with van der Waals surface area (Å²) in [4.78, 5) is 3.61. The zero-order chi connectivity index (χ0) is 22.0. The lowest BCUT2D eigenvalue weighted by molar-refractivity contribution is 1.56. The Kier molecular flexibility index (Phi) is 4.86. The smallest absolute Gasteiger partial charge is 0.0551 e. The SMILES string of the molecule is c1ccc(-c2ccccc2)cc1.c1ccc2c(c1)[nH]c1c3ccccc3c3ccccc3c21. The van der Waals surface area contributed by atoms with Gasteiger partial charge in [0.1, 0.15) is 0 Å². The summed E-state index contributed by atoms with van der Waals surface area (Å²) in [5.74, 6) is 0. The number of H-pyrrole nitrogens is 1. The van der Waals surface area contributed by atoms with Crippen LogP contribution in [0.5, 0.6) is 0 Å². The number of hydrogen-bond acceptors (Lipinski definition) is 0. The van der Waals surface area contributed by atoms with Crippen molar-refractivity contribution >= 4 is 43.4 Å². The first-order valence-corrected chi connectivity index (χ1v) is 11.3. The van der Waals surface area contributed by atoms with Crippen LogP contribution in [0.25, 0.3) is 54.5 Å². The third kappa shape index (κ3) is 3.44. The van der Waals surface area contributed by atoms with Crippen molar-refractivity contribution in [2.24, 2.45) is 0 Å². The molecule has 6 aromatic carbocycles. The molecule has 1 aromatic heterocycles. The van der Waals surface area contributed by atoms with Gasteiger partial charge >= 0.3 is 0 Å². The van der Waals surface area contributed by atoms with Gasteiger partial charge in [0.15, 0.2) is 0 Å². The van der Waals surface area contributed by atoms with Gasteiger partial charge in [-0.1, -0.05) is 127 Å². The van der Waals surface area contributed by atoms with E-state index in [-0.39, 0.29) is 0 Å². The maximum Gasteiger partial charge on any atom is 0.0551 e. The first kappa shape index (κ1) is 19.3. The van der Waals surface area contributed by atoms with Crippen LogP contribution in [0.2, 0.25) is 0 Å². The van der Waals surface area contributed by atoms with Gasteiger partial charge in [0.05, 0.1) is 5.52 Å². The van der Waals surface area contributed by atoms with E-state index in [4.69, 9.17) is 0 Å². The van der Waals surface area contributed by atoms with Gasteiger partial charge in [0.2, 0.25) is 0 Å². The minimum Gasteiger partial charge on any atom is -0.354 e. The molecule has 156 valence electrons. The molecule has 0 atom stereocenters. The van der Waals surface area contributed by atoms with Gasteiger partial charge in [-0.3, -0.25) is 0 Å². The number of hydrogen-bond donors (Lipinski definition) is 1. The van der Waals surface area contributed by atoms with Crippen LogP contribution in [0, 0.1) is 0 Å². The van der Waals surface area contributed by atoms with Crippen LogP contribution in [0.15, 0.2) is 133 Å². The Morgan fingerprint density at radius 3 is 1.36 bits per heavy atom. The Bertz CT molecular complexity index is 1660. The number of fused-ring (bicyclic) bond motifs is 8. The molecule has 7 aromatic rings. The highest BCUT2D eigenvalue weighted by Gasteiger charge is 2.12. The molecular formula is C32H23N. The Labute approximate surface area is 192 Å². The van der Waals surface area contributed by atoms with Crippen LogP contribution in [-0.4, -0.2) is 4.98 Å². The number of rotatable bonds is 1. The average Bonchev–Trinajstić information content (AvgIpc) is 3.31. The highest BCUT2D eigenvalue weighted by Crippen LogP contribution is 2.38. The van der Waals surface area contributed by atoms with E-state index >= 15 is 0 Å². The molecular weight excluding hydrogens is 398 g/mol. The lowest BCUT2D eigenvalue weighted by Gasteiger charge is -2.06. The Hall–Kier alpha value is -4.36. The summed E-state index contributed by atoms with van der Waals surface area (Å²) in [6.45, 7) is 0. The van der Waals surface area contributed by atoms with Crippen molar-refractivity contribution < 1.29 is 0 Å². The minimum absolute atomic E-state index is 1.20. The third-order valence-electron chi connectivity index (χ3n) is 6.27. The predicted octanol–water partition coefficient (Wildman–Crippen LogP) is 8.98. The average molecular weight is 422 g/mol. The lowest BCUT2D eigenvalue weighted by Crippen LogP contribution is -1.80. The molecule has 0 saturated heterocycles. The van der Waals surface area contributed by atoms with Crippen LogP contribution in [0.1, 0.15) is 0 Å². The largest absolute Gasteiger partial charge is 0.354 e. The molecule has 0 bridgehead atoms. The van der Waals surface area contributed by atoms with Crippen LogP contribution < -0.4 is 0 Å². The topological polar surface area (TPSA) is 15.8 Å². The second kappa shape index (κ2) is 8.29. The van der Waals surface area contributed by atoms with E-state index in [1.807, 2.05) is 12.1 Å². The van der Waals surface area contributed by atoms with Crippen LogP contribution in [0.4, 0.5) is 0 Å². The molecule has 0 aliphatic rings. The second-order valence-electron chi connectivity index (χ2n) is 8.24. The van der Waals surface area contributed by atoms with Crippen LogP contribution >= 0.6 is 0 Å². The van der Waals surface area contributed by atoms with Crippen molar-refractivity contribution in [3.05, 3.63) is 133 Å². The highest BCUT2D eigenvalue weighted by molar-refractivity contribution is 6.31. The zero-order valence-corrected chi connectivity index (χ0v) is 18.2. The molecule has 0 unspecified atom stereocenters. The fourth-order valence-electron chi connectivity index (χ4n) is 4.76. The van der Waals surface area contributed by atoms with Gasteiger partial charge in [0, 0.05) is 21.7 Å². The molecule has 1 N–H and O–H groups in total. The molecule has 0 radical (unpaired) electrons. The molecule has 1 heterocycles. The lowest BCUT2D eigenvalue weighted by atomic mass is 9.97. The zero-order valence-electron chi connectivity index (χ0n) is 18.2. The Morgan fingerprint density at radius 2 is 0.758 bits per heavy atom. The van der Waals surface area contributed by atoms with Crippen molar-refractivity contribution in [2.45, 2.75) is 0 Å². The van der Waals surface area contributed by atoms with E-state index in [1.165, 1.54) is 54.5 Å².